The highest BCUT2D eigenvalue weighted by atomic mass is 16.6. The Morgan fingerprint density at radius 2 is 1.86 bits per heavy atom. The van der Waals surface area contributed by atoms with Crippen molar-refractivity contribution in [1.82, 2.24) is 4.90 Å². The summed E-state index contributed by atoms with van der Waals surface area (Å²) in [5, 5.41) is 11.0. The standard InChI is InChI=1S/C21H21N3O4/c1-21-19(20(25)22(2)3)16(14-8-10-15(11-9-14)24(26)27)12-13-23(21)17-6-4-5-7-18(17)28-21/h4-13,16,19H,1-3H3/t16-,19+,21+/m0/s1. The predicted molar refractivity (Wildman–Crippen MR) is 105 cm³/mol. The minimum absolute atomic E-state index is 0.0244. The number of para-hydroxylation sites is 2. The SMILES string of the molecule is CN(C)C(=O)[C@H]1[C@H](c2ccc([N+](=O)[O-])cc2)C=CN2c3ccccc3O[C@]12C. The Morgan fingerprint density at radius 3 is 2.50 bits per heavy atom. The van der Waals surface area contributed by atoms with E-state index < -0.39 is 16.6 Å². The molecule has 2 aromatic rings. The number of hydrogen-bond acceptors (Lipinski definition) is 5. The average molecular weight is 379 g/mol. The molecule has 2 aliphatic rings. The number of allylic oxidation sites excluding steroid dienone is 1. The molecule has 1 amide bonds. The first-order chi connectivity index (χ1) is 13.3. The molecule has 0 aromatic heterocycles. The van der Waals surface area contributed by atoms with Gasteiger partial charge in [0.1, 0.15) is 11.7 Å². The molecule has 0 N–H and O–H groups in total. The molecule has 4 rings (SSSR count). The third kappa shape index (κ3) is 2.62. The van der Waals surface area contributed by atoms with Crippen molar-refractivity contribution in [3.8, 4) is 5.75 Å². The lowest BCUT2D eigenvalue weighted by molar-refractivity contribution is -0.384. The van der Waals surface area contributed by atoms with E-state index in [-0.39, 0.29) is 17.5 Å². The number of ether oxygens (including phenoxy) is 1. The van der Waals surface area contributed by atoms with Crippen molar-refractivity contribution >= 4 is 17.3 Å². The third-order valence-corrected chi connectivity index (χ3v) is 5.49. The molecule has 3 atom stereocenters. The van der Waals surface area contributed by atoms with E-state index in [4.69, 9.17) is 4.74 Å². The molecular weight excluding hydrogens is 358 g/mol. The molecule has 7 nitrogen and oxygen atoms in total. The number of hydrogen-bond donors (Lipinski definition) is 0. The Balaban J connectivity index is 1.81. The summed E-state index contributed by atoms with van der Waals surface area (Å²) in [6.45, 7) is 1.92. The van der Waals surface area contributed by atoms with Crippen molar-refractivity contribution in [2.45, 2.75) is 18.6 Å². The summed E-state index contributed by atoms with van der Waals surface area (Å²) in [5.41, 5.74) is 0.880. The summed E-state index contributed by atoms with van der Waals surface area (Å²) in [5.74, 6) is -0.129. The van der Waals surface area contributed by atoms with Crippen molar-refractivity contribution in [1.29, 1.82) is 0 Å². The van der Waals surface area contributed by atoms with Gasteiger partial charge in [-0.05, 0) is 24.6 Å². The first-order valence-electron chi connectivity index (χ1n) is 9.04. The number of non-ortho nitro benzene ring substituents is 1. The van der Waals surface area contributed by atoms with E-state index in [0.29, 0.717) is 0 Å². The molecule has 0 radical (unpaired) electrons. The maximum atomic E-state index is 13.2. The lowest BCUT2D eigenvalue weighted by atomic mass is 9.76. The van der Waals surface area contributed by atoms with Crippen LogP contribution < -0.4 is 9.64 Å². The summed E-state index contributed by atoms with van der Waals surface area (Å²) in [4.78, 5) is 27.3. The number of benzene rings is 2. The predicted octanol–water partition coefficient (Wildman–Crippen LogP) is 3.53. The summed E-state index contributed by atoms with van der Waals surface area (Å²) < 4.78 is 6.31. The van der Waals surface area contributed by atoms with Crippen molar-refractivity contribution in [2.24, 2.45) is 5.92 Å². The van der Waals surface area contributed by atoms with Gasteiger partial charge >= 0.3 is 0 Å². The molecular formula is C21H21N3O4. The van der Waals surface area contributed by atoms with Crippen molar-refractivity contribution < 1.29 is 14.5 Å². The molecule has 28 heavy (non-hydrogen) atoms. The number of nitro benzene ring substituents is 1. The number of rotatable bonds is 3. The van der Waals surface area contributed by atoms with Crippen LogP contribution in [0.3, 0.4) is 0 Å². The fourth-order valence-corrected chi connectivity index (χ4v) is 4.10. The topological polar surface area (TPSA) is 75.9 Å². The van der Waals surface area contributed by atoms with Crippen LogP contribution in [-0.4, -0.2) is 35.6 Å². The quantitative estimate of drug-likeness (QED) is 0.602. The van der Waals surface area contributed by atoms with Gasteiger partial charge < -0.3 is 14.5 Å². The summed E-state index contributed by atoms with van der Waals surface area (Å²) in [6, 6.07) is 14.1. The van der Waals surface area contributed by atoms with Crippen LogP contribution in [0.2, 0.25) is 0 Å². The van der Waals surface area contributed by atoms with E-state index in [0.717, 1.165) is 17.0 Å². The van der Waals surface area contributed by atoms with E-state index >= 15 is 0 Å². The van der Waals surface area contributed by atoms with Crippen LogP contribution in [0.1, 0.15) is 18.4 Å². The van der Waals surface area contributed by atoms with Gasteiger partial charge in [-0.2, -0.15) is 0 Å². The van der Waals surface area contributed by atoms with Crippen LogP contribution in [0.15, 0.2) is 60.8 Å². The summed E-state index contributed by atoms with van der Waals surface area (Å²) in [6.07, 6.45) is 3.91. The fraction of sp³-hybridized carbons (Fsp3) is 0.286. The van der Waals surface area contributed by atoms with Crippen LogP contribution in [0.25, 0.3) is 0 Å². The zero-order valence-electron chi connectivity index (χ0n) is 15.9. The van der Waals surface area contributed by atoms with Crippen LogP contribution in [-0.2, 0) is 4.79 Å². The smallest absolute Gasteiger partial charge is 0.269 e. The minimum atomic E-state index is -0.897. The minimum Gasteiger partial charge on any atom is -0.465 e. The van der Waals surface area contributed by atoms with Crippen LogP contribution >= 0.6 is 0 Å². The van der Waals surface area contributed by atoms with E-state index in [1.54, 1.807) is 31.1 Å². The van der Waals surface area contributed by atoms with Crippen molar-refractivity contribution in [2.75, 3.05) is 19.0 Å². The number of carbonyl (C=O) groups excluding carboxylic acids is 1. The molecule has 0 saturated carbocycles. The van der Waals surface area contributed by atoms with Gasteiger partial charge in [0.25, 0.3) is 5.69 Å². The molecule has 144 valence electrons. The Labute approximate surface area is 163 Å². The number of fused-ring (bicyclic) bond motifs is 3. The number of anilines is 1. The molecule has 0 spiro atoms. The number of nitro groups is 1. The van der Waals surface area contributed by atoms with E-state index in [1.807, 2.05) is 48.4 Å². The molecule has 0 bridgehead atoms. The lowest BCUT2D eigenvalue weighted by Gasteiger charge is -2.45. The van der Waals surface area contributed by atoms with Gasteiger partial charge in [-0.15, -0.1) is 0 Å². The van der Waals surface area contributed by atoms with Crippen molar-refractivity contribution in [3.05, 3.63) is 76.5 Å². The van der Waals surface area contributed by atoms with Crippen molar-refractivity contribution in [3.63, 3.8) is 0 Å². The maximum absolute atomic E-state index is 13.2. The highest BCUT2D eigenvalue weighted by Gasteiger charge is 2.55. The molecule has 2 aliphatic heterocycles. The second-order valence-corrected chi connectivity index (χ2v) is 7.42. The Morgan fingerprint density at radius 1 is 1.18 bits per heavy atom. The Bertz CT molecular complexity index is 970. The van der Waals surface area contributed by atoms with Gasteiger partial charge in [-0.3, -0.25) is 14.9 Å². The molecule has 0 saturated heterocycles. The first kappa shape index (κ1) is 18.0. The van der Waals surface area contributed by atoms with Gasteiger partial charge in [0.15, 0.2) is 5.72 Å². The van der Waals surface area contributed by atoms with E-state index in [9.17, 15) is 14.9 Å². The lowest BCUT2D eigenvalue weighted by Crippen LogP contribution is -2.59. The number of amides is 1. The molecule has 7 heteroatoms. The van der Waals surface area contributed by atoms with Gasteiger partial charge in [-0.25, -0.2) is 0 Å². The third-order valence-electron chi connectivity index (χ3n) is 5.49. The van der Waals surface area contributed by atoms with Gasteiger partial charge in [0.2, 0.25) is 5.91 Å². The van der Waals surface area contributed by atoms with E-state index in [2.05, 4.69) is 0 Å². The molecule has 0 unspecified atom stereocenters. The Kier molecular flexibility index (Phi) is 4.10. The average Bonchev–Trinajstić information content (AvgIpc) is 2.98. The molecule has 2 heterocycles. The second kappa shape index (κ2) is 6.37. The normalized spacial score (nSPS) is 24.9. The fourth-order valence-electron chi connectivity index (χ4n) is 4.10. The Hall–Kier alpha value is -3.35. The zero-order chi connectivity index (χ0) is 20.1. The summed E-state index contributed by atoms with van der Waals surface area (Å²) in [7, 11) is 3.45. The van der Waals surface area contributed by atoms with Crippen LogP contribution in [0.5, 0.6) is 5.75 Å². The monoisotopic (exact) mass is 379 g/mol. The molecule has 0 aliphatic carbocycles. The van der Waals surface area contributed by atoms with E-state index in [1.165, 1.54) is 12.1 Å². The highest BCUT2D eigenvalue weighted by molar-refractivity contribution is 5.84. The van der Waals surface area contributed by atoms with Gasteiger partial charge in [0, 0.05) is 38.3 Å². The van der Waals surface area contributed by atoms with Crippen LogP contribution in [0.4, 0.5) is 11.4 Å². The first-order valence-corrected chi connectivity index (χ1v) is 9.04. The zero-order valence-corrected chi connectivity index (χ0v) is 15.9. The van der Waals surface area contributed by atoms with Crippen LogP contribution in [0, 0.1) is 16.0 Å². The van der Waals surface area contributed by atoms with Gasteiger partial charge in [0.05, 0.1) is 10.6 Å². The summed E-state index contributed by atoms with van der Waals surface area (Å²) >= 11 is 0. The number of carbonyl (C=O) groups is 1. The molecule has 0 fully saturated rings. The maximum Gasteiger partial charge on any atom is 0.269 e. The highest BCUT2D eigenvalue weighted by Crippen LogP contribution is 2.52. The largest absolute Gasteiger partial charge is 0.465 e. The second-order valence-electron chi connectivity index (χ2n) is 7.42. The van der Waals surface area contributed by atoms with Gasteiger partial charge in [-0.1, -0.05) is 30.3 Å². The number of nitrogens with zero attached hydrogens (tertiary/aromatic N) is 3. The molecule has 2 aromatic carbocycles.